The highest BCUT2D eigenvalue weighted by molar-refractivity contribution is 6.33. The van der Waals surface area contributed by atoms with Crippen LogP contribution in [0.15, 0.2) is 18.2 Å². The number of halogens is 2. The van der Waals surface area contributed by atoms with Crippen LogP contribution in [0.25, 0.3) is 0 Å². The molecule has 0 saturated heterocycles. The van der Waals surface area contributed by atoms with Gasteiger partial charge in [0.25, 0.3) is 0 Å². The molecule has 0 fully saturated rings. The van der Waals surface area contributed by atoms with Gasteiger partial charge in [-0.1, -0.05) is 23.7 Å². The van der Waals surface area contributed by atoms with Gasteiger partial charge in [0, 0.05) is 19.0 Å². The van der Waals surface area contributed by atoms with E-state index in [4.69, 9.17) is 23.2 Å². The van der Waals surface area contributed by atoms with E-state index in [0.29, 0.717) is 5.02 Å². The Hall–Kier alpha value is -0.770. The molecule has 0 heterocycles. The van der Waals surface area contributed by atoms with Crippen LogP contribution in [0.2, 0.25) is 5.02 Å². The van der Waals surface area contributed by atoms with Gasteiger partial charge in [-0.3, -0.25) is 4.79 Å². The fourth-order valence-electron chi connectivity index (χ4n) is 2.80. The van der Waals surface area contributed by atoms with Gasteiger partial charge in [0.15, 0.2) is 0 Å². The van der Waals surface area contributed by atoms with Crippen molar-refractivity contribution in [1.29, 1.82) is 0 Å². The van der Waals surface area contributed by atoms with Crippen molar-refractivity contribution in [3.05, 3.63) is 34.3 Å². The first kappa shape index (κ1) is 14.6. The summed E-state index contributed by atoms with van der Waals surface area (Å²) in [6, 6.07) is 5.71. The molecule has 5 heteroatoms. The lowest BCUT2D eigenvalue weighted by atomic mass is 10.0. The van der Waals surface area contributed by atoms with Crippen molar-refractivity contribution < 1.29 is 4.79 Å². The molecule has 0 N–H and O–H groups in total. The van der Waals surface area contributed by atoms with Gasteiger partial charge in [0.05, 0.1) is 17.5 Å². The number of benzene rings is 1. The van der Waals surface area contributed by atoms with Crippen LogP contribution in [0.1, 0.15) is 29.5 Å². The van der Waals surface area contributed by atoms with E-state index in [0.717, 1.165) is 11.1 Å². The summed E-state index contributed by atoms with van der Waals surface area (Å²) in [7, 11) is 5.75. The zero-order chi connectivity index (χ0) is 14.3. The summed E-state index contributed by atoms with van der Waals surface area (Å²) in [5, 5.41) is 0.453. The van der Waals surface area contributed by atoms with Crippen LogP contribution in [0, 0.1) is 0 Å². The molecule has 104 valence electrons. The third-order valence-electron chi connectivity index (χ3n) is 3.81. The fourth-order valence-corrected chi connectivity index (χ4v) is 3.76. The van der Waals surface area contributed by atoms with E-state index in [9.17, 15) is 4.79 Å². The number of hydrogen-bond donors (Lipinski definition) is 0. The van der Waals surface area contributed by atoms with Crippen molar-refractivity contribution >= 4 is 29.1 Å². The Bertz CT molecular complexity index is 504. The van der Waals surface area contributed by atoms with E-state index in [-0.39, 0.29) is 23.4 Å². The van der Waals surface area contributed by atoms with Crippen molar-refractivity contribution in [3.63, 3.8) is 0 Å². The highest BCUT2D eigenvalue weighted by atomic mass is 35.5. The van der Waals surface area contributed by atoms with Crippen LogP contribution in [-0.2, 0) is 4.79 Å². The molecule has 1 amide bonds. The number of carbonyl (C=O) groups excluding carboxylic acids is 1. The summed E-state index contributed by atoms with van der Waals surface area (Å²) in [6.07, 6.45) is 0. The van der Waals surface area contributed by atoms with Crippen molar-refractivity contribution in [2.24, 2.45) is 0 Å². The van der Waals surface area contributed by atoms with Crippen molar-refractivity contribution in [2.75, 3.05) is 21.1 Å². The summed E-state index contributed by atoms with van der Waals surface area (Å²) in [5.41, 5.74) is 1.99. The monoisotopic (exact) mass is 300 g/mol. The summed E-state index contributed by atoms with van der Waals surface area (Å²) < 4.78 is 0. The van der Waals surface area contributed by atoms with E-state index in [1.165, 1.54) is 0 Å². The lowest BCUT2D eigenvalue weighted by molar-refractivity contribution is -0.130. The van der Waals surface area contributed by atoms with Gasteiger partial charge in [-0.2, -0.15) is 0 Å². The number of amides is 1. The molecular weight excluding hydrogens is 283 g/mol. The van der Waals surface area contributed by atoms with Gasteiger partial charge >= 0.3 is 0 Å². The van der Waals surface area contributed by atoms with Gasteiger partial charge in [-0.15, -0.1) is 11.6 Å². The average molecular weight is 301 g/mol. The summed E-state index contributed by atoms with van der Waals surface area (Å²) in [5.74, 6) is 0.0218. The molecule has 0 radical (unpaired) electrons. The Morgan fingerprint density at radius 3 is 2.42 bits per heavy atom. The Morgan fingerprint density at radius 1 is 1.26 bits per heavy atom. The number of likely N-dealkylation sites (N-methyl/N-ethyl adjacent to an activating group) is 2. The van der Waals surface area contributed by atoms with E-state index in [1.54, 1.807) is 11.8 Å². The molecule has 1 aliphatic carbocycles. The Kier molecular flexibility index (Phi) is 4.09. The smallest absolute Gasteiger partial charge is 0.219 e. The van der Waals surface area contributed by atoms with Crippen LogP contribution in [-0.4, -0.2) is 42.9 Å². The van der Waals surface area contributed by atoms with Gasteiger partial charge < -0.3 is 9.80 Å². The van der Waals surface area contributed by atoms with E-state index >= 15 is 0 Å². The lowest BCUT2D eigenvalue weighted by Gasteiger charge is -2.34. The second kappa shape index (κ2) is 5.31. The minimum atomic E-state index is -0.217. The number of alkyl halides is 1. The Balaban J connectivity index is 2.56. The zero-order valence-electron chi connectivity index (χ0n) is 11.5. The predicted octanol–water partition coefficient (Wildman–Crippen LogP) is 3.08. The highest BCUT2D eigenvalue weighted by Gasteiger charge is 2.44. The summed E-state index contributed by atoms with van der Waals surface area (Å²) in [4.78, 5) is 15.5. The van der Waals surface area contributed by atoms with Crippen molar-refractivity contribution in [3.8, 4) is 0 Å². The maximum absolute atomic E-state index is 11.7. The Morgan fingerprint density at radius 2 is 1.89 bits per heavy atom. The van der Waals surface area contributed by atoms with E-state index < -0.39 is 0 Å². The van der Waals surface area contributed by atoms with Gasteiger partial charge in [0.1, 0.15) is 0 Å². The molecule has 1 aliphatic rings. The molecule has 19 heavy (non-hydrogen) atoms. The number of hydrogen-bond acceptors (Lipinski definition) is 2. The number of rotatable bonds is 2. The van der Waals surface area contributed by atoms with Crippen molar-refractivity contribution in [1.82, 2.24) is 9.80 Å². The lowest BCUT2D eigenvalue weighted by Crippen LogP contribution is -2.42. The minimum Gasteiger partial charge on any atom is -0.337 e. The van der Waals surface area contributed by atoms with Crippen LogP contribution >= 0.6 is 23.2 Å². The fraction of sp³-hybridized carbons (Fsp3) is 0.500. The third-order valence-corrected chi connectivity index (χ3v) is 4.62. The molecule has 3 nitrogen and oxygen atoms in total. The second-order valence-corrected chi connectivity index (χ2v) is 6.05. The maximum Gasteiger partial charge on any atom is 0.219 e. The Labute approximate surface area is 124 Å². The van der Waals surface area contributed by atoms with Gasteiger partial charge in [0.2, 0.25) is 5.91 Å². The van der Waals surface area contributed by atoms with Crippen LogP contribution < -0.4 is 0 Å². The molecule has 0 aliphatic heterocycles. The second-order valence-electron chi connectivity index (χ2n) is 5.17. The standard InChI is InChI=1S/C14H18Cl2N2O/c1-8(19)18(4)13-9-6-5-7-10(15)11(9)12(16)14(13)17(2)3/h5-7,12-14H,1-4H3. The molecule has 0 aromatic heterocycles. The number of carbonyl (C=O) groups is 1. The molecule has 3 unspecified atom stereocenters. The first-order valence-electron chi connectivity index (χ1n) is 6.18. The first-order valence-corrected chi connectivity index (χ1v) is 7.00. The molecule has 0 bridgehead atoms. The predicted molar refractivity (Wildman–Crippen MR) is 78.7 cm³/mol. The average Bonchev–Trinajstić information content (AvgIpc) is 2.62. The number of fused-ring (bicyclic) bond motifs is 1. The molecular formula is C14H18Cl2N2O. The largest absolute Gasteiger partial charge is 0.337 e. The molecule has 2 rings (SSSR count). The van der Waals surface area contributed by atoms with Gasteiger partial charge in [-0.25, -0.2) is 0 Å². The van der Waals surface area contributed by atoms with Crippen molar-refractivity contribution in [2.45, 2.75) is 24.4 Å². The number of nitrogens with zero attached hydrogens (tertiary/aromatic N) is 2. The SMILES string of the molecule is CC(=O)N(C)C1c2cccc(Cl)c2C(Cl)C1N(C)C. The molecule has 0 saturated carbocycles. The summed E-state index contributed by atoms with van der Waals surface area (Å²) in [6.45, 7) is 1.57. The molecule has 3 atom stereocenters. The minimum absolute atomic E-state index is 0.0190. The van der Waals surface area contributed by atoms with Crippen LogP contribution in [0.4, 0.5) is 0 Å². The quantitative estimate of drug-likeness (QED) is 0.784. The first-order chi connectivity index (χ1) is 8.86. The van der Waals surface area contributed by atoms with E-state index in [2.05, 4.69) is 4.90 Å². The van der Waals surface area contributed by atoms with Gasteiger partial charge in [-0.05, 0) is 31.3 Å². The van der Waals surface area contributed by atoms with Crippen LogP contribution in [0.5, 0.6) is 0 Å². The van der Waals surface area contributed by atoms with Crippen LogP contribution in [0.3, 0.4) is 0 Å². The van der Waals surface area contributed by atoms with E-state index in [1.807, 2.05) is 39.3 Å². The highest BCUT2D eigenvalue weighted by Crippen LogP contribution is 2.49. The maximum atomic E-state index is 11.7. The normalized spacial score (nSPS) is 25.5. The zero-order valence-corrected chi connectivity index (χ0v) is 13.0. The molecule has 0 spiro atoms. The third kappa shape index (κ3) is 2.35. The topological polar surface area (TPSA) is 23.6 Å². The molecule has 1 aromatic carbocycles. The molecule has 1 aromatic rings. The summed E-state index contributed by atoms with van der Waals surface area (Å²) >= 11 is 12.9.